The summed E-state index contributed by atoms with van der Waals surface area (Å²) in [5.74, 6) is 0. The Hall–Kier alpha value is -2.70. The predicted molar refractivity (Wildman–Crippen MR) is 138 cm³/mol. The van der Waals surface area contributed by atoms with Crippen molar-refractivity contribution in [3.8, 4) is 5.69 Å². The molecule has 1 N–H and O–H groups in total. The maximum Gasteiger partial charge on any atom is 0.170 e. The number of thiocarbonyl (C=S) groups is 1. The van der Waals surface area contributed by atoms with Gasteiger partial charge in [-0.3, -0.25) is 4.98 Å². The molecule has 0 amide bonds. The monoisotopic (exact) mass is 462 g/mol. The molecule has 33 heavy (non-hydrogen) atoms. The number of rotatable bonds is 8. The second-order valence-electron chi connectivity index (χ2n) is 8.76. The third kappa shape index (κ3) is 4.42. The summed E-state index contributed by atoms with van der Waals surface area (Å²) in [6.07, 6.45) is 3.77. The Bertz CT molecular complexity index is 1120. The number of nitrogens with zero attached hydrogens (tertiary/aromatic N) is 3. The zero-order valence-corrected chi connectivity index (χ0v) is 21.1. The Morgan fingerprint density at radius 1 is 1.12 bits per heavy atom. The number of hydrogen-bond donors (Lipinski definition) is 1. The van der Waals surface area contributed by atoms with Crippen LogP contribution in [-0.4, -0.2) is 39.8 Å². The molecule has 0 bridgehead atoms. The van der Waals surface area contributed by atoms with E-state index in [1.54, 1.807) is 7.11 Å². The van der Waals surface area contributed by atoms with Crippen LogP contribution in [-0.2, 0) is 11.2 Å². The van der Waals surface area contributed by atoms with Gasteiger partial charge < -0.3 is 19.5 Å². The summed E-state index contributed by atoms with van der Waals surface area (Å²) in [6, 6.07) is 15.1. The molecule has 1 aromatic carbocycles. The van der Waals surface area contributed by atoms with E-state index in [4.69, 9.17) is 17.0 Å². The van der Waals surface area contributed by atoms with Crippen LogP contribution in [0.25, 0.3) is 5.69 Å². The van der Waals surface area contributed by atoms with Crippen LogP contribution in [0.4, 0.5) is 0 Å². The van der Waals surface area contributed by atoms with Crippen LogP contribution in [0.3, 0.4) is 0 Å². The van der Waals surface area contributed by atoms with E-state index in [0.717, 1.165) is 30.2 Å². The van der Waals surface area contributed by atoms with Gasteiger partial charge in [0.1, 0.15) is 0 Å². The fourth-order valence-electron chi connectivity index (χ4n) is 5.12. The van der Waals surface area contributed by atoms with Crippen molar-refractivity contribution in [1.29, 1.82) is 0 Å². The van der Waals surface area contributed by atoms with E-state index < -0.39 is 0 Å². The maximum absolute atomic E-state index is 5.82. The Morgan fingerprint density at radius 3 is 2.64 bits per heavy atom. The fraction of sp³-hybridized carbons (Fsp3) is 0.407. The molecule has 0 spiro atoms. The topological polar surface area (TPSA) is 42.3 Å². The average molecular weight is 463 g/mol. The van der Waals surface area contributed by atoms with Crippen LogP contribution in [0.2, 0.25) is 0 Å². The molecule has 1 saturated heterocycles. The third-order valence-corrected chi connectivity index (χ3v) is 7.01. The molecule has 2 aromatic heterocycles. The highest BCUT2D eigenvalue weighted by Gasteiger charge is 2.41. The number of benzene rings is 1. The van der Waals surface area contributed by atoms with Crippen molar-refractivity contribution in [3.63, 3.8) is 0 Å². The maximum atomic E-state index is 5.82. The van der Waals surface area contributed by atoms with Gasteiger partial charge in [0.15, 0.2) is 5.11 Å². The van der Waals surface area contributed by atoms with Gasteiger partial charge in [-0.05, 0) is 80.7 Å². The van der Waals surface area contributed by atoms with Gasteiger partial charge in [-0.15, -0.1) is 0 Å². The molecular weight excluding hydrogens is 428 g/mol. The first-order valence-corrected chi connectivity index (χ1v) is 12.1. The van der Waals surface area contributed by atoms with Crippen molar-refractivity contribution in [2.75, 3.05) is 20.3 Å². The quantitative estimate of drug-likeness (QED) is 0.360. The normalized spacial score (nSPS) is 18.1. The Balaban J connectivity index is 1.84. The van der Waals surface area contributed by atoms with E-state index in [1.165, 1.54) is 33.8 Å². The number of pyridine rings is 1. The molecule has 4 rings (SSSR count). The van der Waals surface area contributed by atoms with Crippen LogP contribution < -0.4 is 5.32 Å². The van der Waals surface area contributed by atoms with Gasteiger partial charge in [-0.25, -0.2) is 0 Å². The highest BCUT2D eigenvalue weighted by atomic mass is 32.1. The van der Waals surface area contributed by atoms with Crippen LogP contribution in [0.15, 0.2) is 48.7 Å². The molecule has 0 saturated carbocycles. The van der Waals surface area contributed by atoms with Crippen molar-refractivity contribution in [2.45, 2.75) is 52.6 Å². The van der Waals surface area contributed by atoms with Crippen molar-refractivity contribution in [1.82, 2.24) is 19.8 Å². The minimum Gasteiger partial charge on any atom is -0.385 e. The van der Waals surface area contributed by atoms with E-state index in [1.807, 2.05) is 18.3 Å². The average Bonchev–Trinajstić information content (AvgIpc) is 3.29. The van der Waals surface area contributed by atoms with Gasteiger partial charge in [0.05, 0.1) is 23.5 Å². The second kappa shape index (κ2) is 10.1. The molecule has 1 fully saturated rings. The second-order valence-corrected chi connectivity index (χ2v) is 9.15. The van der Waals surface area contributed by atoms with E-state index in [9.17, 15) is 0 Å². The summed E-state index contributed by atoms with van der Waals surface area (Å²) in [6.45, 7) is 10.4. The lowest BCUT2D eigenvalue weighted by molar-refractivity contribution is 0.180. The van der Waals surface area contributed by atoms with Crippen LogP contribution >= 0.6 is 12.2 Å². The largest absolute Gasteiger partial charge is 0.385 e. The zero-order chi connectivity index (χ0) is 23.5. The van der Waals surface area contributed by atoms with Gasteiger partial charge in [-0.2, -0.15) is 0 Å². The molecule has 0 radical (unpaired) electrons. The molecule has 6 heteroatoms. The summed E-state index contributed by atoms with van der Waals surface area (Å²) in [7, 11) is 1.75. The Kier molecular flexibility index (Phi) is 7.15. The first kappa shape index (κ1) is 23.5. The molecule has 1 aliphatic heterocycles. The number of aromatic nitrogens is 2. The lowest BCUT2D eigenvalue weighted by Crippen LogP contribution is -2.31. The van der Waals surface area contributed by atoms with Crippen LogP contribution in [0, 0.1) is 20.8 Å². The highest BCUT2D eigenvalue weighted by Crippen LogP contribution is 2.41. The molecule has 3 aromatic rings. The number of hydrogen-bond acceptors (Lipinski definition) is 3. The molecule has 5 nitrogen and oxygen atoms in total. The first-order chi connectivity index (χ1) is 16.0. The van der Waals surface area contributed by atoms with Crippen molar-refractivity contribution in [3.05, 3.63) is 82.4 Å². The van der Waals surface area contributed by atoms with Crippen molar-refractivity contribution >= 4 is 17.3 Å². The molecule has 2 unspecified atom stereocenters. The zero-order valence-electron chi connectivity index (χ0n) is 20.3. The van der Waals surface area contributed by atoms with E-state index in [0.29, 0.717) is 6.61 Å². The van der Waals surface area contributed by atoms with Crippen molar-refractivity contribution in [2.24, 2.45) is 0 Å². The van der Waals surface area contributed by atoms with Crippen LogP contribution in [0.1, 0.15) is 59.2 Å². The molecular formula is C27H34N4OS. The minimum absolute atomic E-state index is 0.00212. The molecule has 174 valence electrons. The predicted octanol–water partition coefficient (Wildman–Crippen LogP) is 5.37. The summed E-state index contributed by atoms with van der Waals surface area (Å²) >= 11 is 5.82. The number of nitrogens with one attached hydrogen (secondary N) is 1. The summed E-state index contributed by atoms with van der Waals surface area (Å²) in [5.41, 5.74) is 8.75. The van der Waals surface area contributed by atoms with E-state index in [-0.39, 0.29) is 12.1 Å². The number of methoxy groups -OCH3 is 1. The SMILES string of the molecule is CCc1cccc(C)c1-n1c(C)cc(C2C(c3ccccn3)NC(=S)N2CCCOC)c1C. The molecule has 3 heterocycles. The number of para-hydroxylation sites is 1. The summed E-state index contributed by atoms with van der Waals surface area (Å²) in [5, 5.41) is 4.35. The van der Waals surface area contributed by atoms with Gasteiger partial charge in [0, 0.05) is 37.8 Å². The smallest absolute Gasteiger partial charge is 0.170 e. The summed E-state index contributed by atoms with van der Waals surface area (Å²) < 4.78 is 7.75. The van der Waals surface area contributed by atoms with Gasteiger partial charge in [0.25, 0.3) is 0 Å². The molecule has 1 aliphatic rings. The third-order valence-electron chi connectivity index (χ3n) is 6.66. The standard InChI is InChI=1S/C27H34N4OS/c1-6-21-12-9-11-18(2)25(21)31-19(3)17-22(20(31)4)26-24(23-13-7-8-14-28-23)29-27(33)30(26)15-10-16-32-5/h7-9,11-14,17,24,26H,6,10,15-16H2,1-5H3,(H,29,33). The summed E-state index contributed by atoms with van der Waals surface area (Å²) in [4.78, 5) is 7.00. The van der Waals surface area contributed by atoms with E-state index >= 15 is 0 Å². The number of aryl methyl sites for hydroxylation is 3. The minimum atomic E-state index is -0.00212. The lowest BCUT2D eigenvalue weighted by Gasteiger charge is -2.28. The fourth-order valence-corrected chi connectivity index (χ4v) is 5.45. The number of ether oxygens (including phenoxy) is 1. The Morgan fingerprint density at radius 2 is 1.94 bits per heavy atom. The van der Waals surface area contributed by atoms with Crippen molar-refractivity contribution < 1.29 is 4.74 Å². The van der Waals surface area contributed by atoms with Crippen LogP contribution in [0.5, 0.6) is 0 Å². The van der Waals surface area contributed by atoms with E-state index in [2.05, 4.69) is 77.8 Å². The molecule has 2 atom stereocenters. The van der Waals surface area contributed by atoms with Gasteiger partial charge in [0.2, 0.25) is 0 Å². The lowest BCUT2D eigenvalue weighted by atomic mass is 9.96. The highest BCUT2D eigenvalue weighted by molar-refractivity contribution is 7.80. The van der Waals surface area contributed by atoms with Gasteiger partial charge >= 0.3 is 0 Å². The van der Waals surface area contributed by atoms with Gasteiger partial charge in [-0.1, -0.05) is 31.2 Å². The first-order valence-electron chi connectivity index (χ1n) is 11.7. The molecule has 0 aliphatic carbocycles. The Labute approximate surface area is 202 Å².